The van der Waals surface area contributed by atoms with Crippen LogP contribution in [0.15, 0.2) is 77.3 Å². The lowest BCUT2D eigenvalue weighted by atomic mass is 10.0. The second-order valence-electron chi connectivity index (χ2n) is 8.63. The first kappa shape index (κ1) is 26.0. The Hall–Kier alpha value is -4.04. The van der Waals surface area contributed by atoms with Gasteiger partial charge >= 0.3 is 6.03 Å². The van der Waals surface area contributed by atoms with Crippen molar-refractivity contribution in [1.82, 2.24) is 5.32 Å². The van der Waals surface area contributed by atoms with Crippen LogP contribution >= 0.6 is 15.9 Å². The lowest BCUT2D eigenvalue weighted by Crippen LogP contribution is -2.54. The highest BCUT2D eigenvalue weighted by atomic mass is 79.9. The lowest BCUT2D eigenvalue weighted by molar-refractivity contribution is -0.122. The van der Waals surface area contributed by atoms with Gasteiger partial charge in [-0.1, -0.05) is 24.3 Å². The van der Waals surface area contributed by atoms with Gasteiger partial charge in [0.2, 0.25) is 0 Å². The maximum Gasteiger partial charge on any atom is 0.335 e. The number of carbonyl (C=O) groups is 3. The quantitative estimate of drug-likeness (QED) is 0.212. The fourth-order valence-electron chi connectivity index (χ4n) is 3.89. The van der Waals surface area contributed by atoms with Crippen molar-refractivity contribution in [2.75, 3.05) is 4.90 Å². The van der Waals surface area contributed by atoms with Crippen LogP contribution in [-0.2, 0) is 22.6 Å². The van der Waals surface area contributed by atoms with E-state index in [1.165, 1.54) is 18.2 Å². The molecule has 8 heteroatoms. The maximum absolute atomic E-state index is 13.3. The molecule has 0 spiro atoms. The first-order chi connectivity index (χ1) is 17.7. The third kappa shape index (κ3) is 5.70. The lowest BCUT2D eigenvalue weighted by Gasteiger charge is -2.27. The van der Waals surface area contributed by atoms with Gasteiger partial charge < -0.3 is 4.74 Å². The monoisotopic (exact) mass is 562 g/mol. The zero-order valence-electron chi connectivity index (χ0n) is 20.3. The number of carbonyl (C=O) groups excluding carboxylic acids is 3. The average Bonchev–Trinajstić information content (AvgIpc) is 2.84. The Kier molecular flexibility index (Phi) is 7.69. The first-order valence-electron chi connectivity index (χ1n) is 11.5. The summed E-state index contributed by atoms with van der Waals surface area (Å²) in [5.41, 5.74) is 4.26. The summed E-state index contributed by atoms with van der Waals surface area (Å²) in [6, 6.07) is 13.9. The summed E-state index contributed by atoms with van der Waals surface area (Å²) in [4.78, 5) is 39.4. The van der Waals surface area contributed by atoms with Gasteiger partial charge in [0.15, 0.2) is 0 Å². The molecule has 0 atom stereocenters. The Morgan fingerprint density at radius 3 is 2.43 bits per heavy atom. The summed E-state index contributed by atoms with van der Waals surface area (Å²) in [5.74, 6) is -1.24. The molecule has 4 amide bonds. The van der Waals surface area contributed by atoms with E-state index in [0.717, 1.165) is 27.2 Å². The predicted molar refractivity (Wildman–Crippen MR) is 144 cm³/mol. The highest BCUT2D eigenvalue weighted by Gasteiger charge is 2.37. The molecule has 0 aromatic heterocycles. The number of benzene rings is 3. The van der Waals surface area contributed by atoms with Crippen molar-refractivity contribution in [2.24, 2.45) is 0 Å². The highest BCUT2D eigenvalue weighted by molar-refractivity contribution is 9.10. The van der Waals surface area contributed by atoms with Crippen molar-refractivity contribution in [3.05, 3.63) is 111 Å². The minimum absolute atomic E-state index is 0.172. The Bertz CT molecular complexity index is 1450. The summed E-state index contributed by atoms with van der Waals surface area (Å²) in [6.07, 6.45) is 3.61. The van der Waals surface area contributed by atoms with Crippen LogP contribution in [0.4, 0.5) is 14.9 Å². The van der Waals surface area contributed by atoms with E-state index in [1.54, 1.807) is 42.5 Å². The van der Waals surface area contributed by atoms with Crippen LogP contribution < -0.4 is 15.0 Å². The van der Waals surface area contributed by atoms with E-state index in [9.17, 15) is 18.8 Å². The van der Waals surface area contributed by atoms with Crippen LogP contribution in [-0.4, -0.2) is 17.8 Å². The Balaban J connectivity index is 1.66. The third-order valence-corrected chi connectivity index (χ3v) is 6.55. The number of allylic oxidation sites excluding steroid dienone is 1. The van der Waals surface area contributed by atoms with Gasteiger partial charge in [-0.05, 0) is 106 Å². The van der Waals surface area contributed by atoms with Gasteiger partial charge in [0.05, 0.1) is 10.2 Å². The molecule has 0 unspecified atom stereocenters. The molecule has 4 rings (SSSR count). The van der Waals surface area contributed by atoms with E-state index < -0.39 is 17.8 Å². The smallest absolute Gasteiger partial charge is 0.335 e. The average molecular weight is 563 g/mol. The van der Waals surface area contributed by atoms with Crippen molar-refractivity contribution in [3.63, 3.8) is 0 Å². The van der Waals surface area contributed by atoms with Gasteiger partial charge in [0.25, 0.3) is 11.8 Å². The maximum atomic E-state index is 13.3. The van der Waals surface area contributed by atoms with Gasteiger partial charge in [-0.2, -0.15) is 0 Å². The summed E-state index contributed by atoms with van der Waals surface area (Å²) in [6.45, 7) is 7.83. The molecule has 0 bridgehead atoms. The van der Waals surface area contributed by atoms with E-state index in [2.05, 4.69) is 27.8 Å². The number of hydrogen-bond donors (Lipinski definition) is 1. The topological polar surface area (TPSA) is 75.7 Å². The molecule has 0 saturated carbocycles. The number of barbiturate groups is 1. The zero-order chi connectivity index (χ0) is 26.7. The van der Waals surface area contributed by atoms with Gasteiger partial charge in [-0.3, -0.25) is 14.9 Å². The molecule has 1 aliphatic rings. The molecule has 6 nitrogen and oxygen atoms in total. The Morgan fingerprint density at radius 2 is 1.76 bits per heavy atom. The highest BCUT2D eigenvalue weighted by Crippen LogP contribution is 2.34. The normalized spacial score (nSPS) is 14.6. The molecule has 1 fully saturated rings. The number of nitrogens with one attached hydrogen (secondary N) is 1. The number of ether oxygens (including phenoxy) is 1. The van der Waals surface area contributed by atoms with Gasteiger partial charge in [-0.25, -0.2) is 14.1 Å². The van der Waals surface area contributed by atoms with Gasteiger partial charge in [0, 0.05) is 0 Å². The summed E-state index contributed by atoms with van der Waals surface area (Å²) in [5, 5.41) is 2.25. The molecule has 1 N–H and O–H groups in total. The number of anilines is 1. The molecule has 1 saturated heterocycles. The predicted octanol–water partition coefficient (Wildman–Crippen LogP) is 6.18. The molecule has 1 aliphatic heterocycles. The number of rotatable bonds is 7. The van der Waals surface area contributed by atoms with Crippen LogP contribution in [0.3, 0.4) is 0 Å². The largest absolute Gasteiger partial charge is 0.487 e. The fraction of sp³-hybridized carbons (Fsp3) is 0.138. The van der Waals surface area contributed by atoms with Gasteiger partial charge in [0.1, 0.15) is 23.7 Å². The number of imide groups is 2. The number of nitrogens with zero attached hydrogens (tertiary/aromatic N) is 1. The van der Waals surface area contributed by atoms with Crippen molar-refractivity contribution >= 4 is 45.5 Å². The molecule has 37 heavy (non-hydrogen) atoms. The standard InChI is InChI=1S/C29H24BrFN2O4/c1-4-5-21-13-20(15-25(30)26(21)37-16-19-7-9-22(31)10-8-19)14-24-27(34)32-29(36)33(28(24)35)23-11-6-17(2)18(3)12-23/h4,6-15H,1,5,16H2,2-3H3,(H,32,34,36)/b24-14+. The van der Waals surface area contributed by atoms with Crippen molar-refractivity contribution in [2.45, 2.75) is 26.9 Å². The van der Waals surface area contributed by atoms with E-state index in [4.69, 9.17) is 4.74 Å². The molecular formula is C29H24BrFN2O4. The minimum atomic E-state index is -0.798. The molecule has 0 radical (unpaired) electrons. The molecule has 0 aliphatic carbocycles. The fourth-order valence-corrected chi connectivity index (χ4v) is 4.52. The number of amides is 4. The number of halogens is 2. The zero-order valence-corrected chi connectivity index (χ0v) is 21.9. The summed E-state index contributed by atoms with van der Waals surface area (Å²) >= 11 is 3.52. The second-order valence-corrected chi connectivity index (χ2v) is 9.48. The van der Waals surface area contributed by atoms with Crippen molar-refractivity contribution in [1.29, 1.82) is 0 Å². The summed E-state index contributed by atoms with van der Waals surface area (Å²) in [7, 11) is 0. The van der Waals surface area contributed by atoms with Crippen LogP contribution in [0.2, 0.25) is 0 Å². The Morgan fingerprint density at radius 1 is 1.03 bits per heavy atom. The van der Waals surface area contributed by atoms with Crippen molar-refractivity contribution < 1.29 is 23.5 Å². The molecular weight excluding hydrogens is 539 g/mol. The SMILES string of the molecule is C=CCc1cc(/C=C2\C(=O)NC(=O)N(c3ccc(C)c(C)c3)C2=O)cc(Br)c1OCc1ccc(F)cc1. The molecule has 1 heterocycles. The van der Waals surface area contributed by atoms with Crippen LogP contribution in [0.5, 0.6) is 5.75 Å². The van der Waals surface area contributed by atoms with Crippen LogP contribution in [0, 0.1) is 19.7 Å². The van der Waals surface area contributed by atoms with Crippen LogP contribution in [0.1, 0.15) is 27.8 Å². The number of aryl methyl sites for hydroxylation is 2. The number of urea groups is 1. The molecule has 3 aromatic rings. The third-order valence-electron chi connectivity index (χ3n) is 5.96. The second kappa shape index (κ2) is 10.9. The minimum Gasteiger partial charge on any atom is -0.487 e. The van der Waals surface area contributed by atoms with E-state index in [-0.39, 0.29) is 18.0 Å². The van der Waals surface area contributed by atoms with Crippen LogP contribution in [0.25, 0.3) is 6.08 Å². The van der Waals surface area contributed by atoms with E-state index >= 15 is 0 Å². The Labute approximate surface area is 222 Å². The molecule has 188 valence electrons. The first-order valence-corrected chi connectivity index (χ1v) is 12.3. The van der Waals surface area contributed by atoms with E-state index in [1.807, 2.05) is 19.9 Å². The number of hydrogen-bond acceptors (Lipinski definition) is 4. The molecule has 3 aromatic carbocycles. The van der Waals surface area contributed by atoms with Gasteiger partial charge in [-0.15, -0.1) is 6.58 Å². The van der Waals surface area contributed by atoms with E-state index in [0.29, 0.717) is 27.9 Å². The summed E-state index contributed by atoms with van der Waals surface area (Å²) < 4.78 is 19.8. The van der Waals surface area contributed by atoms with Crippen molar-refractivity contribution in [3.8, 4) is 5.75 Å².